The molecule has 1 atom stereocenters. The summed E-state index contributed by atoms with van der Waals surface area (Å²) in [5, 5.41) is 0. The lowest BCUT2D eigenvalue weighted by Gasteiger charge is -2.17. The van der Waals surface area contributed by atoms with Crippen LogP contribution >= 0.6 is 0 Å². The van der Waals surface area contributed by atoms with E-state index in [2.05, 4.69) is 9.47 Å². The minimum atomic E-state index is -0.589. The van der Waals surface area contributed by atoms with Gasteiger partial charge in [0.25, 0.3) is 0 Å². The first kappa shape index (κ1) is 18.1. The van der Waals surface area contributed by atoms with Crippen molar-refractivity contribution in [1.82, 2.24) is 0 Å². The Balaban J connectivity index is 0.000000220. The molecule has 2 heterocycles. The summed E-state index contributed by atoms with van der Waals surface area (Å²) in [5.74, 6) is -1.55. The zero-order valence-electron chi connectivity index (χ0n) is 12.8. The number of carbonyl (C=O) groups is 3. The van der Waals surface area contributed by atoms with Gasteiger partial charge in [0, 0.05) is 18.7 Å². The fourth-order valence-electron chi connectivity index (χ4n) is 1.99. The van der Waals surface area contributed by atoms with Crippen LogP contribution in [0.4, 0.5) is 0 Å². The third kappa shape index (κ3) is 5.12. The zero-order chi connectivity index (χ0) is 16.5. The fourth-order valence-corrected chi connectivity index (χ4v) is 1.99. The number of hydrogen-bond acceptors (Lipinski definition) is 8. The maximum absolute atomic E-state index is 11.0. The van der Waals surface area contributed by atoms with Crippen LogP contribution in [0.15, 0.2) is 11.3 Å². The molecule has 0 amide bonds. The quantitative estimate of drug-likeness (QED) is 0.539. The van der Waals surface area contributed by atoms with Crippen molar-refractivity contribution < 1.29 is 33.3 Å². The van der Waals surface area contributed by atoms with Crippen molar-refractivity contribution >= 4 is 17.7 Å². The van der Waals surface area contributed by atoms with Crippen molar-refractivity contribution in [3.05, 3.63) is 11.3 Å². The van der Waals surface area contributed by atoms with Crippen molar-refractivity contribution in [2.24, 2.45) is 11.7 Å². The van der Waals surface area contributed by atoms with Gasteiger partial charge in [-0.25, -0.2) is 4.79 Å². The molecule has 0 aromatic heterocycles. The predicted octanol–water partition coefficient (Wildman–Crippen LogP) is -0.442. The molecule has 0 aromatic rings. The Morgan fingerprint density at radius 2 is 1.82 bits per heavy atom. The number of nitrogens with two attached hydrogens (primary N) is 1. The number of Topliss-reactive ketones (excluding diaryl/α,β-unsaturated/α-hetero) is 1. The van der Waals surface area contributed by atoms with Gasteiger partial charge in [0.15, 0.2) is 5.78 Å². The summed E-state index contributed by atoms with van der Waals surface area (Å²) >= 11 is 0. The van der Waals surface area contributed by atoms with E-state index in [0.717, 1.165) is 0 Å². The number of rotatable bonds is 2. The van der Waals surface area contributed by atoms with Crippen molar-refractivity contribution in [3.63, 3.8) is 0 Å². The molecule has 1 saturated heterocycles. The lowest BCUT2D eigenvalue weighted by molar-refractivity contribution is -0.154. The number of esters is 2. The summed E-state index contributed by atoms with van der Waals surface area (Å²) in [6.45, 7) is 1.39. The summed E-state index contributed by atoms with van der Waals surface area (Å²) in [5.41, 5.74) is 6.55. The summed E-state index contributed by atoms with van der Waals surface area (Å²) < 4.78 is 18.8. The van der Waals surface area contributed by atoms with Crippen molar-refractivity contribution in [1.29, 1.82) is 0 Å². The van der Waals surface area contributed by atoms with Crippen LogP contribution in [0.5, 0.6) is 0 Å². The summed E-state index contributed by atoms with van der Waals surface area (Å²) in [7, 11) is 2.63. The molecule has 0 saturated carbocycles. The summed E-state index contributed by atoms with van der Waals surface area (Å²) in [4.78, 5) is 32.8. The summed E-state index contributed by atoms with van der Waals surface area (Å²) in [6, 6.07) is 0. The van der Waals surface area contributed by atoms with Crippen LogP contribution in [0.2, 0.25) is 0 Å². The molecule has 0 radical (unpaired) electrons. The van der Waals surface area contributed by atoms with E-state index in [1.165, 1.54) is 14.2 Å². The lowest BCUT2D eigenvalue weighted by Crippen LogP contribution is -2.33. The maximum Gasteiger partial charge on any atom is 0.335 e. The van der Waals surface area contributed by atoms with Crippen LogP contribution in [-0.4, -0.2) is 58.4 Å². The van der Waals surface area contributed by atoms with Gasteiger partial charge in [-0.2, -0.15) is 0 Å². The van der Waals surface area contributed by atoms with E-state index in [1.807, 2.05) is 0 Å². The van der Waals surface area contributed by atoms with Crippen LogP contribution in [0.3, 0.4) is 0 Å². The van der Waals surface area contributed by atoms with Crippen LogP contribution in [0.1, 0.15) is 12.8 Å². The molecule has 2 rings (SSSR count). The van der Waals surface area contributed by atoms with Gasteiger partial charge >= 0.3 is 11.9 Å². The minimum absolute atomic E-state index is 0.0414. The zero-order valence-corrected chi connectivity index (χ0v) is 12.8. The van der Waals surface area contributed by atoms with Crippen LogP contribution in [0, 0.1) is 5.92 Å². The van der Waals surface area contributed by atoms with Gasteiger partial charge in [-0.05, 0) is 6.42 Å². The highest BCUT2D eigenvalue weighted by Gasteiger charge is 2.30. The van der Waals surface area contributed by atoms with Crippen molar-refractivity contribution in [2.45, 2.75) is 12.8 Å². The van der Waals surface area contributed by atoms with Crippen LogP contribution in [0.25, 0.3) is 0 Å². The van der Waals surface area contributed by atoms with Gasteiger partial charge in [-0.15, -0.1) is 0 Å². The molecule has 0 spiro atoms. The van der Waals surface area contributed by atoms with Gasteiger partial charge in [0.05, 0.1) is 33.0 Å². The molecular formula is C14H21NO7. The summed E-state index contributed by atoms with van der Waals surface area (Å²) in [6.07, 6.45) is 1.00. The topological polar surface area (TPSA) is 114 Å². The number of carbonyl (C=O) groups excluding carboxylic acids is 3. The van der Waals surface area contributed by atoms with Crippen LogP contribution < -0.4 is 5.73 Å². The first-order valence-corrected chi connectivity index (χ1v) is 6.83. The molecule has 8 heteroatoms. The second-order valence-electron chi connectivity index (χ2n) is 4.68. The second kappa shape index (κ2) is 9.16. The Hall–Kier alpha value is -1.93. The van der Waals surface area contributed by atoms with Gasteiger partial charge in [-0.3, -0.25) is 9.59 Å². The number of ketones is 1. The molecule has 124 valence electrons. The average molecular weight is 315 g/mol. The Labute approximate surface area is 128 Å². The number of methoxy groups -OCH3 is 2. The van der Waals surface area contributed by atoms with E-state index < -0.39 is 11.9 Å². The molecule has 1 fully saturated rings. The molecule has 0 aromatic carbocycles. The molecule has 8 nitrogen and oxygen atoms in total. The van der Waals surface area contributed by atoms with Crippen LogP contribution in [-0.2, 0) is 33.3 Å². The first-order valence-electron chi connectivity index (χ1n) is 6.83. The highest BCUT2D eigenvalue weighted by atomic mass is 16.5. The molecule has 2 aliphatic heterocycles. The maximum atomic E-state index is 11.0. The minimum Gasteiger partial charge on any atom is -0.468 e. The second-order valence-corrected chi connectivity index (χ2v) is 4.68. The van der Waals surface area contributed by atoms with E-state index in [1.54, 1.807) is 0 Å². The van der Waals surface area contributed by atoms with E-state index in [0.29, 0.717) is 43.9 Å². The predicted molar refractivity (Wildman–Crippen MR) is 74.6 cm³/mol. The first-order chi connectivity index (χ1) is 10.5. The Bertz CT molecular complexity index is 450. The monoisotopic (exact) mass is 315 g/mol. The normalized spacial score (nSPS) is 21.5. The molecule has 2 N–H and O–H groups in total. The Morgan fingerprint density at radius 3 is 2.36 bits per heavy atom. The average Bonchev–Trinajstić information content (AvgIpc) is 2.55. The third-order valence-corrected chi connectivity index (χ3v) is 3.24. The smallest absolute Gasteiger partial charge is 0.335 e. The highest BCUT2D eigenvalue weighted by Crippen LogP contribution is 2.13. The van der Waals surface area contributed by atoms with Gasteiger partial charge in [0.1, 0.15) is 12.5 Å². The van der Waals surface area contributed by atoms with Gasteiger partial charge < -0.3 is 24.7 Å². The number of ether oxygens (including phenoxy) is 4. The standard InChI is InChI=1S/C7H11NO3.C7H10O4/c2*1-10-7(9)5-2-3-11-4-6(5)8/h2-4,8H2,1H3;5H,2-4H2,1H3. The van der Waals surface area contributed by atoms with E-state index >= 15 is 0 Å². The third-order valence-electron chi connectivity index (χ3n) is 3.24. The highest BCUT2D eigenvalue weighted by molar-refractivity contribution is 5.99. The molecular weight excluding hydrogens is 294 g/mol. The number of hydrogen-bond donors (Lipinski definition) is 1. The Kier molecular flexibility index (Phi) is 7.55. The molecule has 1 unspecified atom stereocenters. The van der Waals surface area contributed by atoms with E-state index in [4.69, 9.17) is 15.2 Å². The van der Waals surface area contributed by atoms with Gasteiger partial charge in [0.2, 0.25) is 0 Å². The van der Waals surface area contributed by atoms with Gasteiger partial charge in [-0.1, -0.05) is 0 Å². The SMILES string of the molecule is COC(=O)C1=C(N)COCC1.COC(=O)C1CCOCC1=O. The van der Waals surface area contributed by atoms with Crippen molar-refractivity contribution in [3.8, 4) is 0 Å². The molecule has 0 bridgehead atoms. The molecule has 2 aliphatic rings. The molecule has 22 heavy (non-hydrogen) atoms. The molecule has 0 aliphatic carbocycles. The van der Waals surface area contributed by atoms with E-state index in [-0.39, 0.29) is 18.4 Å². The fraction of sp³-hybridized carbons (Fsp3) is 0.643. The lowest BCUT2D eigenvalue weighted by atomic mass is 9.99. The Morgan fingerprint density at radius 1 is 1.14 bits per heavy atom. The largest absolute Gasteiger partial charge is 0.468 e. The van der Waals surface area contributed by atoms with Crippen molar-refractivity contribution in [2.75, 3.05) is 40.6 Å². The van der Waals surface area contributed by atoms with E-state index in [9.17, 15) is 14.4 Å².